The second-order valence-corrected chi connectivity index (χ2v) is 8.03. The van der Waals surface area contributed by atoms with Crippen LogP contribution in [0.4, 0.5) is 0 Å². The topological polar surface area (TPSA) is 54.5 Å². The van der Waals surface area contributed by atoms with Crippen LogP contribution in [0.2, 0.25) is 0 Å². The molecule has 5 heteroatoms. The molecule has 0 bridgehead atoms. The lowest BCUT2D eigenvalue weighted by atomic mass is 10.2. The van der Waals surface area contributed by atoms with Crippen LogP contribution in [0, 0.1) is 0 Å². The molecule has 3 rings (SSSR count). The fraction of sp³-hybridized carbons (Fsp3) is 0.211. The molecule has 1 aliphatic rings. The third kappa shape index (κ3) is 3.26. The maximum absolute atomic E-state index is 12.9. The summed E-state index contributed by atoms with van der Waals surface area (Å²) in [5.41, 5.74) is 1.43. The van der Waals surface area contributed by atoms with Crippen LogP contribution in [-0.2, 0) is 21.2 Å². The van der Waals surface area contributed by atoms with Crippen LogP contribution in [0.1, 0.15) is 12.5 Å². The number of ketones is 1. The quantitative estimate of drug-likeness (QED) is 0.839. The van der Waals surface area contributed by atoms with Gasteiger partial charge in [-0.3, -0.25) is 4.79 Å². The van der Waals surface area contributed by atoms with Gasteiger partial charge >= 0.3 is 0 Å². The van der Waals surface area contributed by atoms with Crippen molar-refractivity contribution in [2.24, 2.45) is 0 Å². The third-order valence-corrected chi connectivity index (χ3v) is 6.23. The van der Waals surface area contributed by atoms with Crippen LogP contribution in [0.3, 0.4) is 0 Å². The summed E-state index contributed by atoms with van der Waals surface area (Å²) in [7, 11) is -3.59. The first-order chi connectivity index (χ1) is 11.5. The number of benzene rings is 2. The van der Waals surface area contributed by atoms with Gasteiger partial charge < -0.3 is 4.90 Å². The largest absolute Gasteiger partial charge is 0.371 e. The minimum Gasteiger partial charge on any atom is -0.371 e. The predicted molar refractivity (Wildman–Crippen MR) is 93.0 cm³/mol. The summed E-state index contributed by atoms with van der Waals surface area (Å²) < 4.78 is 25.9. The van der Waals surface area contributed by atoms with Crippen molar-refractivity contribution in [3.8, 4) is 0 Å². The number of carbonyl (C=O) groups is 1. The molecule has 0 saturated carbocycles. The number of carbonyl (C=O) groups excluding carboxylic acids is 1. The zero-order chi connectivity index (χ0) is 17.2. The van der Waals surface area contributed by atoms with Gasteiger partial charge in [-0.1, -0.05) is 48.5 Å². The van der Waals surface area contributed by atoms with Gasteiger partial charge in [-0.05, 0) is 24.6 Å². The van der Waals surface area contributed by atoms with Crippen molar-refractivity contribution in [3.63, 3.8) is 0 Å². The SMILES string of the molecule is CC(=O)C1=CN(Cc2ccccc2)CC1S(=O)(=O)c1ccccc1. The summed E-state index contributed by atoms with van der Waals surface area (Å²) in [4.78, 5) is 14.1. The number of Topliss-reactive ketones (excluding diaryl/α,β-unsaturated/α-hetero) is 1. The molecule has 0 radical (unpaired) electrons. The summed E-state index contributed by atoms with van der Waals surface area (Å²) in [5, 5.41) is -0.818. The standard InChI is InChI=1S/C19H19NO3S/c1-15(21)18-13-20(12-16-8-4-2-5-9-16)14-19(18)24(22,23)17-10-6-3-7-11-17/h2-11,13,19H,12,14H2,1H3. The van der Waals surface area contributed by atoms with Crippen LogP contribution in [-0.4, -0.2) is 30.9 Å². The van der Waals surface area contributed by atoms with Gasteiger partial charge in [-0.25, -0.2) is 8.42 Å². The van der Waals surface area contributed by atoms with Crippen LogP contribution in [0.25, 0.3) is 0 Å². The molecule has 1 aliphatic heterocycles. The monoisotopic (exact) mass is 341 g/mol. The highest BCUT2D eigenvalue weighted by Gasteiger charge is 2.38. The lowest BCUT2D eigenvalue weighted by molar-refractivity contribution is -0.113. The Labute approximate surface area is 142 Å². The van der Waals surface area contributed by atoms with E-state index < -0.39 is 15.1 Å². The molecule has 0 aromatic heterocycles. The molecule has 24 heavy (non-hydrogen) atoms. The molecular weight excluding hydrogens is 322 g/mol. The van der Waals surface area contributed by atoms with E-state index in [1.54, 1.807) is 36.5 Å². The molecule has 2 aromatic rings. The Morgan fingerprint density at radius 2 is 1.62 bits per heavy atom. The fourth-order valence-electron chi connectivity index (χ4n) is 2.93. The smallest absolute Gasteiger partial charge is 0.187 e. The number of hydrogen-bond acceptors (Lipinski definition) is 4. The van der Waals surface area contributed by atoms with E-state index in [-0.39, 0.29) is 10.7 Å². The summed E-state index contributed by atoms with van der Waals surface area (Å²) in [6.45, 7) is 2.30. The van der Waals surface area contributed by atoms with Crippen molar-refractivity contribution in [2.75, 3.05) is 6.54 Å². The Morgan fingerprint density at radius 1 is 1.04 bits per heavy atom. The molecule has 1 unspecified atom stereocenters. The van der Waals surface area contributed by atoms with Crippen molar-refractivity contribution in [1.82, 2.24) is 4.90 Å². The molecular formula is C19H19NO3S. The summed E-state index contributed by atoms with van der Waals surface area (Å²) in [6, 6.07) is 18.1. The first kappa shape index (κ1) is 16.5. The zero-order valence-electron chi connectivity index (χ0n) is 13.4. The lowest BCUT2D eigenvalue weighted by Gasteiger charge is -2.19. The molecule has 0 fully saturated rings. The molecule has 2 aromatic carbocycles. The highest BCUT2D eigenvalue weighted by Crippen LogP contribution is 2.28. The molecule has 124 valence electrons. The average molecular weight is 341 g/mol. The van der Waals surface area contributed by atoms with E-state index in [4.69, 9.17) is 0 Å². The Hall–Kier alpha value is -2.40. The summed E-state index contributed by atoms with van der Waals surface area (Å²) in [5.74, 6) is -0.199. The van der Waals surface area contributed by atoms with E-state index in [0.29, 0.717) is 18.7 Å². The molecule has 0 spiro atoms. The number of rotatable bonds is 5. The van der Waals surface area contributed by atoms with Crippen LogP contribution >= 0.6 is 0 Å². The van der Waals surface area contributed by atoms with Crippen molar-refractivity contribution < 1.29 is 13.2 Å². The first-order valence-electron chi connectivity index (χ1n) is 7.78. The maximum Gasteiger partial charge on any atom is 0.187 e. The van der Waals surface area contributed by atoms with Gasteiger partial charge in [-0.2, -0.15) is 0 Å². The number of sulfone groups is 1. The van der Waals surface area contributed by atoms with Gasteiger partial charge in [0, 0.05) is 24.9 Å². The molecule has 0 saturated heterocycles. The Kier molecular flexibility index (Phi) is 4.53. The molecule has 0 amide bonds. The molecule has 4 nitrogen and oxygen atoms in total. The van der Waals surface area contributed by atoms with E-state index in [1.807, 2.05) is 35.2 Å². The fourth-order valence-corrected chi connectivity index (χ4v) is 4.74. The van der Waals surface area contributed by atoms with E-state index >= 15 is 0 Å². The first-order valence-corrected chi connectivity index (χ1v) is 9.32. The van der Waals surface area contributed by atoms with Gasteiger partial charge in [-0.15, -0.1) is 0 Å². The predicted octanol–water partition coefficient (Wildman–Crippen LogP) is 2.82. The Balaban J connectivity index is 1.89. The van der Waals surface area contributed by atoms with Gasteiger partial charge in [0.15, 0.2) is 15.6 Å². The molecule has 1 atom stereocenters. The Morgan fingerprint density at radius 3 is 2.21 bits per heavy atom. The second-order valence-electron chi connectivity index (χ2n) is 5.90. The maximum atomic E-state index is 12.9. The van der Waals surface area contributed by atoms with Crippen molar-refractivity contribution in [1.29, 1.82) is 0 Å². The van der Waals surface area contributed by atoms with E-state index in [9.17, 15) is 13.2 Å². The van der Waals surface area contributed by atoms with Gasteiger partial charge in [0.2, 0.25) is 0 Å². The van der Waals surface area contributed by atoms with Crippen LogP contribution < -0.4 is 0 Å². The number of hydrogen-bond donors (Lipinski definition) is 0. The van der Waals surface area contributed by atoms with Crippen molar-refractivity contribution >= 4 is 15.6 Å². The van der Waals surface area contributed by atoms with Gasteiger partial charge in [0.25, 0.3) is 0 Å². The Bertz CT molecular complexity index is 858. The summed E-state index contributed by atoms with van der Waals surface area (Å²) >= 11 is 0. The lowest BCUT2D eigenvalue weighted by Crippen LogP contribution is -2.30. The minimum atomic E-state index is -3.59. The van der Waals surface area contributed by atoms with Crippen LogP contribution in [0.5, 0.6) is 0 Å². The van der Waals surface area contributed by atoms with Crippen molar-refractivity contribution in [3.05, 3.63) is 78.0 Å². The average Bonchev–Trinajstić information content (AvgIpc) is 3.01. The number of nitrogens with zero attached hydrogens (tertiary/aromatic N) is 1. The van der Waals surface area contributed by atoms with Crippen molar-refractivity contribution in [2.45, 2.75) is 23.6 Å². The van der Waals surface area contributed by atoms with Crippen LogP contribution in [0.15, 0.2) is 77.3 Å². The third-order valence-electron chi connectivity index (χ3n) is 4.15. The summed E-state index contributed by atoms with van der Waals surface area (Å²) in [6.07, 6.45) is 1.69. The zero-order valence-corrected chi connectivity index (χ0v) is 14.2. The van der Waals surface area contributed by atoms with E-state index in [0.717, 1.165) is 5.56 Å². The molecule has 0 N–H and O–H groups in total. The molecule has 1 heterocycles. The van der Waals surface area contributed by atoms with E-state index in [2.05, 4.69) is 0 Å². The van der Waals surface area contributed by atoms with E-state index in [1.165, 1.54) is 6.92 Å². The normalized spacial score (nSPS) is 17.6. The van der Waals surface area contributed by atoms with Gasteiger partial charge in [0.05, 0.1) is 4.90 Å². The second kappa shape index (κ2) is 6.61. The van der Waals surface area contributed by atoms with Gasteiger partial charge in [0.1, 0.15) is 5.25 Å². The molecule has 0 aliphatic carbocycles. The minimum absolute atomic E-state index is 0.199. The highest BCUT2D eigenvalue weighted by molar-refractivity contribution is 7.92. The highest BCUT2D eigenvalue weighted by atomic mass is 32.2.